The van der Waals surface area contributed by atoms with E-state index in [0.29, 0.717) is 44.3 Å². The quantitative estimate of drug-likeness (QED) is 0.142. The third kappa shape index (κ3) is 9.57. The van der Waals surface area contributed by atoms with Gasteiger partial charge in [-0.15, -0.1) is 0 Å². The zero-order valence-corrected chi connectivity index (χ0v) is 29.6. The number of benzene rings is 2. The van der Waals surface area contributed by atoms with Crippen LogP contribution < -0.4 is 11.1 Å². The van der Waals surface area contributed by atoms with Gasteiger partial charge in [0.05, 0.1) is 43.5 Å². The van der Waals surface area contributed by atoms with Crippen molar-refractivity contribution in [2.24, 2.45) is 23.5 Å². The minimum absolute atomic E-state index is 0.0793. The van der Waals surface area contributed by atoms with Crippen LogP contribution in [0.1, 0.15) is 76.5 Å². The molecule has 3 unspecified atom stereocenters. The number of hydrogen-bond donors (Lipinski definition) is 5. The summed E-state index contributed by atoms with van der Waals surface area (Å²) in [5.74, 6) is -2.17. The van der Waals surface area contributed by atoms with Gasteiger partial charge in [0.1, 0.15) is 0 Å². The van der Waals surface area contributed by atoms with E-state index in [9.17, 15) is 24.6 Å². The molecule has 2 amide bonds. The van der Waals surface area contributed by atoms with Crippen molar-refractivity contribution in [3.63, 3.8) is 0 Å². The maximum absolute atomic E-state index is 15.0. The lowest BCUT2D eigenvalue weighted by atomic mass is 9.77. The third-order valence-electron chi connectivity index (χ3n) is 10.7. The Morgan fingerprint density at radius 2 is 1.76 bits per heavy atom. The molecule has 0 bridgehead atoms. The normalized spacial score (nSPS) is 19.4. The fourth-order valence-corrected chi connectivity index (χ4v) is 7.54. The first-order valence-electron chi connectivity index (χ1n) is 18.3. The van der Waals surface area contributed by atoms with Crippen LogP contribution in [-0.2, 0) is 32.0 Å². The van der Waals surface area contributed by atoms with Crippen LogP contribution in [0, 0.1) is 17.8 Å². The summed E-state index contributed by atoms with van der Waals surface area (Å²) >= 11 is 0. The van der Waals surface area contributed by atoms with Crippen molar-refractivity contribution in [3.05, 3.63) is 66.2 Å². The number of aliphatic hydroxyl groups is 2. The number of ketones is 1. The van der Waals surface area contributed by atoms with E-state index in [1.54, 1.807) is 11.1 Å². The zero-order chi connectivity index (χ0) is 35.7. The molecule has 50 heavy (non-hydrogen) atoms. The Morgan fingerprint density at radius 3 is 2.46 bits per heavy atom. The lowest BCUT2D eigenvalue weighted by Gasteiger charge is -2.36. The lowest BCUT2D eigenvalue weighted by molar-refractivity contribution is -0.144. The van der Waals surface area contributed by atoms with E-state index < -0.39 is 41.4 Å². The first-order valence-corrected chi connectivity index (χ1v) is 18.3. The van der Waals surface area contributed by atoms with Gasteiger partial charge in [0.2, 0.25) is 11.8 Å². The van der Waals surface area contributed by atoms with Gasteiger partial charge in [0.25, 0.3) is 0 Å². The topological polar surface area (TPSA) is 171 Å². The summed E-state index contributed by atoms with van der Waals surface area (Å²) < 4.78 is 5.46. The van der Waals surface area contributed by atoms with Crippen molar-refractivity contribution in [2.45, 2.75) is 102 Å². The first kappa shape index (κ1) is 37.6. The highest BCUT2D eigenvalue weighted by atomic mass is 16.5. The SMILES string of the molecule is CC(C)C(O)CC(O)[C@H](CC1CCCCC1)NC(=O)[C@@](N)(Cc1c[nH]cn1)C(=O)C(CC(=O)N1CCOCC1)Cc1cccc2ccccc12. The number of H-pyrrole nitrogens is 1. The Bertz CT molecular complexity index is 1550. The number of Topliss-reactive ketones (excluding diaryl/α,β-unsaturated/α-hetero) is 1. The molecule has 3 aromatic rings. The average molecular weight is 690 g/mol. The Labute approximate surface area is 295 Å². The largest absolute Gasteiger partial charge is 0.393 e. The number of nitrogens with zero attached hydrogens (tertiary/aromatic N) is 2. The standard InChI is InChI=1S/C39H55N5O6/c1-26(2)34(45)22-35(46)33(19-27-9-4-3-5-10-27)43-38(49)39(40,23-31-24-41-25-42-31)37(48)30(21-36(47)44-15-17-50-18-16-44)20-29-13-8-12-28-11-6-7-14-32(28)29/h6-8,11-14,24-27,30,33-35,45-46H,3-5,9-10,15-23,40H2,1-2H3,(H,41,42)(H,43,49)/t30?,33-,34?,35?,39+/m0/s1. The van der Waals surface area contributed by atoms with Gasteiger partial charge in [-0.05, 0) is 41.0 Å². The molecule has 272 valence electrons. The average Bonchev–Trinajstić information content (AvgIpc) is 3.64. The molecule has 6 N–H and O–H groups in total. The van der Waals surface area contributed by atoms with Gasteiger partial charge in [-0.3, -0.25) is 14.4 Å². The number of amides is 2. The van der Waals surface area contributed by atoms with E-state index in [4.69, 9.17) is 10.5 Å². The molecule has 5 rings (SSSR count). The van der Waals surface area contributed by atoms with E-state index in [1.807, 2.05) is 56.3 Å². The monoisotopic (exact) mass is 689 g/mol. The van der Waals surface area contributed by atoms with Gasteiger partial charge in [-0.25, -0.2) is 4.98 Å². The Morgan fingerprint density at radius 1 is 1.04 bits per heavy atom. The predicted octanol–water partition coefficient (Wildman–Crippen LogP) is 3.70. The molecule has 2 fully saturated rings. The van der Waals surface area contributed by atoms with Crippen LogP contribution in [0.15, 0.2) is 55.0 Å². The summed E-state index contributed by atoms with van der Waals surface area (Å²) in [6.07, 6.45) is 7.06. The Balaban J connectivity index is 1.48. The van der Waals surface area contributed by atoms with Crippen molar-refractivity contribution in [2.75, 3.05) is 26.3 Å². The number of morpholine rings is 1. The molecule has 11 nitrogen and oxygen atoms in total. The van der Waals surface area contributed by atoms with Gasteiger partial charge < -0.3 is 35.9 Å². The van der Waals surface area contributed by atoms with E-state index in [0.717, 1.165) is 48.4 Å². The van der Waals surface area contributed by atoms with Gasteiger partial charge in [-0.1, -0.05) is 88.4 Å². The molecule has 2 heterocycles. The molecule has 0 radical (unpaired) electrons. The van der Waals surface area contributed by atoms with E-state index in [2.05, 4.69) is 15.3 Å². The van der Waals surface area contributed by atoms with Gasteiger partial charge >= 0.3 is 0 Å². The zero-order valence-electron chi connectivity index (χ0n) is 29.6. The number of fused-ring (bicyclic) bond motifs is 1. The highest BCUT2D eigenvalue weighted by Gasteiger charge is 2.47. The van der Waals surface area contributed by atoms with Crippen LogP contribution in [-0.4, -0.2) is 92.8 Å². The molecular formula is C39H55N5O6. The van der Waals surface area contributed by atoms with Gasteiger partial charge in [0.15, 0.2) is 11.3 Å². The maximum atomic E-state index is 15.0. The number of imidazole rings is 1. The molecule has 1 aliphatic heterocycles. The molecule has 5 atom stereocenters. The summed E-state index contributed by atoms with van der Waals surface area (Å²) in [6, 6.07) is 13.0. The molecule has 2 aromatic carbocycles. The summed E-state index contributed by atoms with van der Waals surface area (Å²) in [6.45, 7) is 5.47. The van der Waals surface area contributed by atoms with Crippen LogP contribution in [0.3, 0.4) is 0 Å². The van der Waals surface area contributed by atoms with Crippen LogP contribution in [0.25, 0.3) is 10.8 Å². The lowest BCUT2D eigenvalue weighted by Crippen LogP contribution is -2.65. The number of ether oxygens (including phenoxy) is 1. The van der Waals surface area contributed by atoms with Crippen molar-refractivity contribution in [3.8, 4) is 0 Å². The minimum Gasteiger partial charge on any atom is -0.393 e. The van der Waals surface area contributed by atoms with Crippen molar-refractivity contribution < 1.29 is 29.3 Å². The molecular weight excluding hydrogens is 634 g/mol. The molecule has 1 aliphatic carbocycles. The van der Waals surface area contributed by atoms with Crippen LogP contribution in [0.4, 0.5) is 0 Å². The number of aliphatic hydroxyl groups excluding tert-OH is 2. The third-order valence-corrected chi connectivity index (χ3v) is 10.7. The van der Waals surface area contributed by atoms with E-state index in [-0.39, 0.29) is 37.5 Å². The molecule has 0 spiro atoms. The van der Waals surface area contributed by atoms with Gasteiger partial charge in [0, 0.05) is 44.5 Å². The number of nitrogens with two attached hydrogens (primary N) is 1. The van der Waals surface area contributed by atoms with Crippen molar-refractivity contribution in [1.82, 2.24) is 20.2 Å². The minimum atomic E-state index is -2.10. The maximum Gasteiger partial charge on any atom is 0.248 e. The molecule has 11 heteroatoms. The number of carbonyl (C=O) groups excluding carboxylic acids is 3. The second-order valence-electron chi connectivity index (χ2n) is 14.7. The van der Waals surface area contributed by atoms with Crippen molar-refractivity contribution >= 4 is 28.4 Å². The van der Waals surface area contributed by atoms with Crippen LogP contribution >= 0.6 is 0 Å². The second kappa shape index (κ2) is 17.5. The summed E-state index contributed by atoms with van der Waals surface area (Å²) in [7, 11) is 0. The fraction of sp³-hybridized carbons (Fsp3) is 0.590. The first-order chi connectivity index (χ1) is 24.0. The van der Waals surface area contributed by atoms with Gasteiger partial charge in [-0.2, -0.15) is 0 Å². The Kier molecular flexibility index (Phi) is 13.2. The van der Waals surface area contributed by atoms with Crippen molar-refractivity contribution in [1.29, 1.82) is 0 Å². The molecule has 1 saturated heterocycles. The summed E-state index contributed by atoms with van der Waals surface area (Å²) in [5.41, 5.74) is 6.25. The van der Waals surface area contributed by atoms with Crippen LogP contribution in [0.5, 0.6) is 0 Å². The van der Waals surface area contributed by atoms with Crippen LogP contribution in [0.2, 0.25) is 0 Å². The number of rotatable bonds is 16. The highest BCUT2D eigenvalue weighted by molar-refractivity contribution is 6.12. The molecule has 2 aliphatic rings. The Hall–Kier alpha value is -3.64. The number of nitrogens with one attached hydrogen (secondary N) is 2. The van der Waals surface area contributed by atoms with E-state index >= 15 is 0 Å². The number of aromatic amines is 1. The molecule has 1 aromatic heterocycles. The van der Waals surface area contributed by atoms with E-state index in [1.165, 1.54) is 6.33 Å². The number of aromatic nitrogens is 2. The number of hydrogen-bond acceptors (Lipinski definition) is 8. The second-order valence-corrected chi connectivity index (χ2v) is 14.7. The fourth-order valence-electron chi connectivity index (χ4n) is 7.54. The summed E-state index contributed by atoms with van der Waals surface area (Å²) in [5, 5.41) is 27.1. The smallest absolute Gasteiger partial charge is 0.248 e. The number of carbonyl (C=O) groups is 3. The predicted molar refractivity (Wildman–Crippen MR) is 192 cm³/mol. The summed E-state index contributed by atoms with van der Waals surface area (Å²) in [4.78, 5) is 52.2. The molecule has 1 saturated carbocycles. The highest BCUT2D eigenvalue weighted by Crippen LogP contribution is 2.31.